The van der Waals surface area contributed by atoms with E-state index >= 15 is 0 Å². The molecule has 1 amide bonds. The summed E-state index contributed by atoms with van der Waals surface area (Å²) in [5, 5.41) is 6.74. The number of aromatic nitrogens is 2. The van der Waals surface area contributed by atoms with E-state index in [0.717, 1.165) is 17.3 Å². The van der Waals surface area contributed by atoms with E-state index in [-0.39, 0.29) is 17.3 Å². The number of carbonyl (C=O) groups is 1. The molecule has 0 fully saturated rings. The highest BCUT2D eigenvalue weighted by Gasteiger charge is 2.67. The Morgan fingerprint density at radius 2 is 1.87 bits per heavy atom. The molecule has 210 valence electrons. The van der Waals surface area contributed by atoms with Crippen molar-refractivity contribution >= 4 is 28.9 Å². The number of rotatable bonds is 3. The van der Waals surface area contributed by atoms with E-state index in [0.29, 0.717) is 30.7 Å². The lowest BCUT2D eigenvalue weighted by Crippen LogP contribution is -2.56. The van der Waals surface area contributed by atoms with Gasteiger partial charge < -0.3 is 10.6 Å². The summed E-state index contributed by atoms with van der Waals surface area (Å²) < 4.78 is 114. The number of hydrogen-bond acceptors (Lipinski definition) is 7. The van der Waals surface area contributed by atoms with Gasteiger partial charge in [-0.1, -0.05) is 11.8 Å². The number of halogens is 9. The molecule has 0 radical (unpaired) electrons. The van der Waals surface area contributed by atoms with E-state index in [1.54, 1.807) is 18.3 Å². The van der Waals surface area contributed by atoms with Gasteiger partial charge in [-0.2, -0.15) is 44.8 Å². The van der Waals surface area contributed by atoms with Crippen LogP contribution in [-0.2, 0) is 23.9 Å². The van der Waals surface area contributed by atoms with Crippen molar-refractivity contribution in [3.05, 3.63) is 53.1 Å². The number of amides is 1. The van der Waals surface area contributed by atoms with Crippen LogP contribution in [0.3, 0.4) is 0 Å². The largest absolute Gasteiger partial charge is 0.417 e. The van der Waals surface area contributed by atoms with Gasteiger partial charge in [-0.05, 0) is 30.2 Å². The average molecular weight is 584 g/mol. The number of carbonyl (C=O) groups excluding carboxylic acids is 1. The van der Waals surface area contributed by atoms with Gasteiger partial charge in [0.15, 0.2) is 5.54 Å². The maximum Gasteiger partial charge on any atom is 0.417 e. The van der Waals surface area contributed by atoms with Crippen molar-refractivity contribution < 1.29 is 44.3 Å². The molecule has 0 aliphatic carbocycles. The molecule has 17 heteroatoms. The third kappa shape index (κ3) is 6.72. The predicted molar refractivity (Wildman–Crippen MR) is 121 cm³/mol. The van der Waals surface area contributed by atoms with E-state index in [1.165, 1.54) is 12.4 Å². The highest BCUT2D eigenvalue weighted by molar-refractivity contribution is 8.13. The molecule has 2 unspecified atom stereocenters. The van der Waals surface area contributed by atoms with E-state index in [4.69, 9.17) is 5.26 Å². The van der Waals surface area contributed by atoms with Crippen LogP contribution in [0.5, 0.6) is 0 Å². The van der Waals surface area contributed by atoms with Crippen LogP contribution < -0.4 is 10.6 Å². The molecule has 0 spiro atoms. The lowest BCUT2D eigenvalue weighted by molar-refractivity contribution is -0.226. The number of thioether (sulfide) groups is 1. The fourth-order valence-corrected chi connectivity index (χ4v) is 4.97. The van der Waals surface area contributed by atoms with Gasteiger partial charge in [0.2, 0.25) is 5.91 Å². The van der Waals surface area contributed by atoms with E-state index in [2.05, 4.69) is 20.7 Å². The minimum absolute atomic E-state index is 0.239. The first-order chi connectivity index (χ1) is 18.0. The minimum atomic E-state index is -5.30. The van der Waals surface area contributed by atoms with Gasteiger partial charge >= 0.3 is 18.5 Å². The molecule has 3 heterocycles. The molecule has 39 heavy (non-hydrogen) atoms. The number of benzene rings is 1. The first-order valence-electron chi connectivity index (χ1n) is 10.7. The van der Waals surface area contributed by atoms with Crippen LogP contribution in [0.4, 0.5) is 45.2 Å². The van der Waals surface area contributed by atoms with Gasteiger partial charge in [0.1, 0.15) is 11.6 Å². The zero-order valence-electron chi connectivity index (χ0n) is 19.4. The van der Waals surface area contributed by atoms with Crippen LogP contribution in [0.25, 0.3) is 0 Å². The fraction of sp³-hybridized carbons (Fsp3) is 0.409. The summed E-state index contributed by atoms with van der Waals surface area (Å²) in [5.74, 6) is -1.48. The molecule has 0 saturated heterocycles. The van der Waals surface area contributed by atoms with Crippen molar-refractivity contribution in [1.82, 2.24) is 9.97 Å². The lowest BCUT2D eigenvalue weighted by Gasteiger charge is -2.33. The van der Waals surface area contributed by atoms with Gasteiger partial charge in [-0.25, -0.2) is 9.97 Å². The minimum Gasteiger partial charge on any atom is -0.369 e. The number of nitriles is 1. The van der Waals surface area contributed by atoms with Crippen LogP contribution >= 0.6 is 11.8 Å². The topological polar surface area (TPSA) is 108 Å². The number of alkyl halides is 9. The SMILES string of the molecule is N#Cc1ccc(N2CCc3cncnc3C2)cc1C(F)(F)F.NC(=O)C1SC=NC1(CC(F)(F)F)C(F)(F)F. The summed E-state index contributed by atoms with van der Waals surface area (Å²) in [5.41, 5.74) is 2.76. The molecule has 2 N–H and O–H groups in total. The van der Waals surface area contributed by atoms with Crippen LogP contribution in [0.1, 0.15) is 28.8 Å². The second kappa shape index (κ2) is 10.9. The summed E-state index contributed by atoms with van der Waals surface area (Å²) in [6.07, 6.45) is -13.4. The maximum absolute atomic E-state index is 13.0. The molecule has 4 rings (SSSR count). The standard InChI is InChI=1S/C15H11F3N4.C7H6F6N2OS/c16-15(17,18)13-5-12(2-1-10(13)6-19)22-4-3-11-7-20-9-21-14(11)8-22;8-6(9,10)1-5(7(11,12)13)3(4(14)16)17-2-15-5/h1-2,5,7,9H,3-4,8H2;2-3H,1H2,(H2,14,16). The molecular formula is C22H17F9N6OS. The number of nitrogens with zero attached hydrogens (tertiary/aromatic N) is 5. The van der Waals surface area contributed by atoms with Gasteiger partial charge in [0, 0.05) is 18.4 Å². The molecule has 0 bridgehead atoms. The van der Waals surface area contributed by atoms with E-state index in [1.807, 2.05) is 4.90 Å². The number of primary amides is 1. The molecule has 1 aromatic carbocycles. The summed E-state index contributed by atoms with van der Waals surface area (Å²) in [6, 6.07) is 5.38. The molecular weight excluding hydrogens is 567 g/mol. The Hall–Kier alpha value is -3.55. The molecule has 2 aromatic rings. The van der Waals surface area contributed by atoms with Crippen molar-refractivity contribution in [2.45, 2.75) is 48.7 Å². The normalized spacial score (nSPS) is 21.0. The predicted octanol–water partition coefficient (Wildman–Crippen LogP) is 4.80. The van der Waals surface area contributed by atoms with Crippen molar-refractivity contribution in [3.8, 4) is 6.07 Å². The Morgan fingerprint density at radius 1 is 1.18 bits per heavy atom. The Balaban J connectivity index is 0.000000224. The Bertz CT molecular complexity index is 1290. The molecule has 0 saturated carbocycles. The number of aliphatic imine (C=N–C) groups is 1. The number of fused-ring (bicyclic) bond motifs is 1. The first kappa shape index (κ1) is 30.0. The van der Waals surface area contributed by atoms with Crippen LogP contribution in [0, 0.1) is 11.3 Å². The number of anilines is 1. The van der Waals surface area contributed by atoms with Crippen LogP contribution in [0.15, 0.2) is 35.7 Å². The van der Waals surface area contributed by atoms with Crippen molar-refractivity contribution in [2.24, 2.45) is 10.7 Å². The van der Waals surface area contributed by atoms with Crippen LogP contribution in [-0.4, -0.2) is 51.1 Å². The van der Waals surface area contributed by atoms with E-state index in [9.17, 15) is 44.3 Å². The first-order valence-corrected chi connectivity index (χ1v) is 11.7. The Morgan fingerprint density at radius 3 is 2.44 bits per heavy atom. The summed E-state index contributed by atoms with van der Waals surface area (Å²) in [7, 11) is 0. The van der Waals surface area contributed by atoms with Gasteiger partial charge in [-0.15, -0.1) is 0 Å². The summed E-state index contributed by atoms with van der Waals surface area (Å²) in [4.78, 5) is 23.6. The highest BCUT2D eigenvalue weighted by Crippen LogP contribution is 2.50. The van der Waals surface area contributed by atoms with E-state index < -0.39 is 47.2 Å². The summed E-state index contributed by atoms with van der Waals surface area (Å²) >= 11 is 0.239. The molecule has 2 aliphatic rings. The van der Waals surface area contributed by atoms with Crippen molar-refractivity contribution in [3.63, 3.8) is 0 Å². The molecule has 7 nitrogen and oxygen atoms in total. The monoisotopic (exact) mass is 584 g/mol. The molecule has 2 aliphatic heterocycles. The zero-order valence-corrected chi connectivity index (χ0v) is 20.2. The third-order valence-corrected chi connectivity index (χ3v) is 6.92. The third-order valence-electron chi connectivity index (χ3n) is 5.80. The number of nitrogens with two attached hydrogens (primary N) is 1. The average Bonchev–Trinajstić information content (AvgIpc) is 3.27. The number of hydrogen-bond donors (Lipinski definition) is 1. The lowest BCUT2D eigenvalue weighted by atomic mass is 9.90. The molecule has 2 atom stereocenters. The van der Waals surface area contributed by atoms with Crippen molar-refractivity contribution in [2.75, 3.05) is 11.4 Å². The van der Waals surface area contributed by atoms with Gasteiger partial charge in [-0.3, -0.25) is 9.79 Å². The Labute approximate surface area is 218 Å². The fourth-order valence-electron chi connectivity index (χ4n) is 3.97. The Kier molecular flexibility index (Phi) is 8.39. The highest BCUT2D eigenvalue weighted by atomic mass is 32.2. The smallest absolute Gasteiger partial charge is 0.369 e. The zero-order chi connectivity index (χ0) is 29.2. The second-order valence-corrected chi connectivity index (χ2v) is 9.33. The van der Waals surface area contributed by atoms with Gasteiger partial charge in [0.25, 0.3) is 0 Å². The second-order valence-electron chi connectivity index (χ2n) is 8.37. The maximum atomic E-state index is 13.0. The van der Waals surface area contributed by atoms with Crippen LogP contribution in [0.2, 0.25) is 0 Å². The van der Waals surface area contributed by atoms with Gasteiger partial charge in [0.05, 0.1) is 41.4 Å². The van der Waals surface area contributed by atoms with Crippen molar-refractivity contribution in [1.29, 1.82) is 5.26 Å². The quantitative estimate of drug-likeness (QED) is 0.520. The molecule has 1 aromatic heterocycles. The summed E-state index contributed by atoms with van der Waals surface area (Å²) in [6.45, 7) is 1.02.